The summed E-state index contributed by atoms with van der Waals surface area (Å²) in [6.45, 7) is 6.18. The first-order chi connectivity index (χ1) is 24.2. The van der Waals surface area contributed by atoms with Crippen LogP contribution in [-0.4, -0.2) is 77.2 Å². The van der Waals surface area contributed by atoms with Gasteiger partial charge in [0.05, 0.1) is 40.9 Å². The van der Waals surface area contributed by atoms with E-state index in [-0.39, 0.29) is 69.5 Å². The molecule has 3 aliphatic rings. The van der Waals surface area contributed by atoms with Crippen molar-refractivity contribution in [1.29, 1.82) is 0 Å². The van der Waals surface area contributed by atoms with Crippen molar-refractivity contribution in [3.05, 3.63) is 74.1 Å². The van der Waals surface area contributed by atoms with Crippen LogP contribution < -0.4 is 10.7 Å². The second-order valence-corrected chi connectivity index (χ2v) is 13.8. The number of benzene rings is 1. The molecular weight excluding hydrogens is 693 g/mol. The Morgan fingerprint density at radius 2 is 1.96 bits per heavy atom. The predicted molar refractivity (Wildman–Crippen MR) is 179 cm³/mol. The maximum atomic E-state index is 14.5. The molecule has 1 fully saturated rings. The highest BCUT2D eigenvalue weighted by atomic mass is 35.5. The van der Waals surface area contributed by atoms with Gasteiger partial charge in [0.1, 0.15) is 12.9 Å². The lowest BCUT2D eigenvalue weighted by Crippen LogP contribution is -2.51. The number of fused-ring (bicyclic) bond motifs is 3. The highest BCUT2D eigenvalue weighted by Crippen LogP contribution is 2.52. The van der Waals surface area contributed by atoms with Crippen molar-refractivity contribution >= 4 is 46.0 Å². The first-order valence-electron chi connectivity index (χ1n) is 16.5. The maximum absolute atomic E-state index is 14.5. The van der Waals surface area contributed by atoms with Crippen LogP contribution in [0, 0.1) is 6.92 Å². The van der Waals surface area contributed by atoms with Gasteiger partial charge in [0.15, 0.2) is 22.6 Å². The van der Waals surface area contributed by atoms with Gasteiger partial charge >= 0.3 is 6.18 Å². The van der Waals surface area contributed by atoms with Gasteiger partial charge in [-0.25, -0.2) is 9.97 Å². The standard InChI is InChI=1S/C34H34ClF3N8O5/c1-17-13-33(8-9-44(18(2)14-33)32(50)27-29(48)19(3)39-16-40-27)25-28(17)45(15-24(47)41-23-5-4-20(12-22(23)35)34(36,37)38)31-26(30(25)49)42-46(43-31)21-6-10-51-11-7-21/h4-6,12,16-18,48H,7-11,13-15H2,1-3H3,(H,41,47)/t17-,18+,33+/m0/s1. The summed E-state index contributed by atoms with van der Waals surface area (Å²) >= 11 is 6.15. The van der Waals surface area contributed by atoms with Crippen LogP contribution in [0.2, 0.25) is 5.02 Å². The first-order valence-corrected chi connectivity index (χ1v) is 16.9. The van der Waals surface area contributed by atoms with Crippen molar-refractivity contribution in [2.75, 3.05) is 25.1 Å². The number of aromatic nitrogens is 6. The van der Waals surface area contributed by atoms with Crippen LogP contribution in [0.3, 0.4) is 0 Å². The molecule has 17 heteroatoms. The van der Waals surface area contributed by atoms with Gasteiger partial charge in [-0.2, -0.15) is 18.0 Å². The highest BCUT2D eigenvalue weighted by Gasteiger charge is 2.51. The Hall–Kier alpha value is -4.83. The molecule has 5 heterocycles. The molecule has 2 N–H and O–H groups in total. The van der Waals surface area contributed by atoms with Gasteiger partial charge < -0.3 is 24.6 Å². The number of carbonyl (C=O) groups is 2. The Balaban J connectivity index is 1.28. The molecule has 0 unspecified atom stereocenters. The highest BCUT2D eigenvalue weighted by molar-refractivity contribution is 6.33. The molecule has 51 heavy (non-hydrogen) atoms. The number of ether oxygens (including phenoxy) is 1. The number of anilines is 1. The molecule has 1 saturated heterocycles. The summed E-state index contributed by atoms with van der Waals surface area (Å²) in [6, 6.07) is 2.33. The average molecular weight is 727 g/mol. The SMILES string of the molecule is Cc1ncnc(C(=O)N2CC[C@]3(C[C@H]2C)C[C@H](C)c2c3c(=O)c3nn(C4=CCOCC4)nc3n2CC(=O)Nc2ccc(C(F)(F)F)cc2Cl)c1O. The van der Waals surface area contributed by atoms with Gasteiger partial charge in [-0.1, -0.05) is 18.5 Å². The van der Waals surface area contributed by atoms with Gasteiger partial charge in [-0.3, -0.25) is 14.4 Å². The van der Waals surface area contributed by atoms with Crippen molar-refractivity contribution in [2.45, 2.75) is 76.6 Å². The average Bonchev–Trinajstić information content (AvgIpc) is 3.65. The van der Waals surface area contributed by atoms with E-state index in [1.54, 1.807) is 16.4 Å². The number of aromatic hydroxyl groups is 1. The number of likely N-dealkylation sites (tertiary alicyclic amines) is 1. The van der Waals surface area contributed by atoms with Crippen molar-refractivity contribution in [3.63, 3.8) is 0 Å². The molecule has 2 amide bonds. The third-order valence-corrected chi connectivity index (χ3v) is 10.4. The van der Waals surface area contributed by atoms with Crippen LogP contribution >= 0.6 is 11.6 Å². The Morgan fingerprint density at radius 3 is 2.65 bits per heavy atom. The smallest absolute Gasteiger partial charge is 0.416 e. The van der Waals surface area contributed by atoms with E-state index in [4.69, 9.17) is 16.3 Å². The molecule has 2 aliphatic heterocycles. The quantitative estimate of drug-likeness (QED) is 0.288. The zero-order chi connectivity index (χ0) is 36.4. The molecule has 1 spiro atoms. The third kappa shape index (κ3) is 6.03. The number of alkyl halides is 3. The van der Waals surface area contributed by atoms with Crippen molar-refractivity contribution in [3.8, 4) is 5.75 Å². The fourth-order valence-electron chi connectivity index (χ4n) is 7.84. The van der Waals surface area contributed by atoms with E-state index in [0.717, 1.165) is 23.9 Å². The van der Waals surface area contributed by atoms with Gasteiger partial charge in [0.2, 0.25) is 11.3 Å². The molecule has 13 nitrogen and oxygen atoms in total. The van der Waals surface area contributed by atoms with Crippen LogP contribution in [0.4, 0.5) is 18.9 Å². The maximum Gasteiger partial charge on any atom is 0.416 e. The Bertz CT molecular complexity index is 2180. The minimum atomic E-state index is -4.61. The molecule has 3 atom stereocenters. The van der Waals surface area contributed by atoms with Crippen molar-refractivity contribution in [1.82, 2.24) is 34.4 Å². The van der Waals surface area contributed by atoms with Crippen molar-refractivity contribution in [2.24, 2.45) is 0 Å². The lowest BCUT2D eigenvalue weighted by atomic mass is 9.71. The monoisotopic (exact) mass is 726 g/mol. The number of pyridine rings is 1. The van der Waals surface area contributed by atoms with Crippen LogP contribution in [0.5, 0.6) is 5.75 Å². The molecule has 7 rings (SSSR count). The van der Waals surface area contributed by atoms with Crippen LogP contribution in [0.1, 0.15) is 78.5 Å². The number of halogens is 4. The number of piperidine rings is 1. The number of carbonyl (C=O) groups excluding carboxylic acids is 2. The number of nitrogens with one attached hydrogen (secondary N) is 1. The van der Waals surface area contributed by atoms with E-state index >= 15 is 0 Å². The lowest BCUT2D eigenvalue weighted by Gasteiger charge is -2.44. The summed E-state index contributed by atoms with van der Waals surface area (Å²) < 4.78 is 46.8. The van der Waals surface area contributed by atoms with Crippen molar-refractivity contribution < 1.29 is 32.6 Å². The largest absolute Gasteiger partial charge is 0.504 e. The second-order valence-electron chi connectivity index (χ2n) is 13.4. The van der Waals surface area contributed by atoms with Crippen LogP contribution in [-0.2, 0) is 27.7 Å². The zero-order valence-electron chi connectivity index (χ0n) is 27.9. The molecule has 268 valence electrons. The molecule has 0 bridgehead atoms. The molecule has 4 aromatic rings. The summed E-state index contributed by atoms with van der Waals surface area (Å²) in [5, 5.41) is 22.2. The Morgan fingerprint density at radius 1 is 1.18 bits per heavy atom. The number of hydrogen-bond donors (Lipinski definition) is 2. The van der Waals surface area contributed by atoms with Gasteiger partial charge in [-0.15, -0.1) is 10.2 Å². The number of rotatable bonds is 5. The second kappa shape index (κ2) is 12.7. The number of nitrogens with zero attached hydrogens (tertiary/aromatic N) is 7. The molecule has 0 saturated carbocycles. The summed E-state index contributed by atoms with van der Waals surface area (Å²) in [5.74, 6) is -1.52. The molecule has 1 aliphatic carbocycles. The van der Waals surface area contributed by atoms with Gasteiger partial charge in [0.25, 0.3) is 5.91 Å². The fraction of sp³-hybridized carbons (Fsp3) is 0.441. The predicted octanol–water partition coefficient (Wildman–Crippen LogP) is 5.04. The normalized spacial score (nSPS) is 21.9. The minimum absolute atomic E-state index is 0.0000771. The van der Waals surface area contributed by atoms with Gasteiger partial charge in [-0.05, 0) is 63.3 Å². The van der Waals surface area contributed by atoms with Crippen LogP contribution in [0.25, 0.3) is 16.9 Å². The summed E-state index contributed by atoms with van der Waals surface area (Å²) in [6.07, 6.45) is 0.353. The molecular formula is C34H34ClF3N8O5. The summed E-state index contributed by atoms with van der Waals surface area (Å²) in [7, 11) is 0. The van der Waals surface area contributed by atoms with E-state index in [1.165, 1.54) is 11.1 Å². The molecule has 3 aromatic heterocycles. The fourth-order valence-corrected chi connectivity index (χ4v) is 8.07. The number of hydrogen-bond acceptors (Lipinski definition) is 9. The van der Waals surface area contributed by atoms with E-state index in [2.05, 4.69) is 25.5 Å². The van der Waals surface area contributed by atoms with E-state index in [0.29, 0.717) is 50.2 Å². The molecule has 0 radical (unpaired) electrons. The van der Waals surface area contributed by atoms with E-state index in [1.807, 2.05) is 19.9 Å². The summed E-state index contributed by atoms with van der Waals surface area (Å²) in [5.41, 5.74) is 0.394. The lowest BCUT2D eigenvalue weighted by molar-refractivity contribution is -0.137. The van der Waals surface area contributed by atoms with E-state index < -0.39 is 29.0 Å². The number of amides is 2. The Labute approximate surface area is 294 Å². The zero-order valence-corrected chi connectivity index (χ0v) is 28.7. The minimum Gasteiger partial charge on any atom is -0.504 e. The third-order valence-electron chi connectivity index (χ3n) is 10.1. The molecule has 1 aromatic carbocycles. The first kappa shape index (κ1) is 34.6. The number of aryl methyl sites for hydroxylation is 1. The topological polar surface area (TPSA) is 157 Å². The van der Waals surface area contributed by atoms with Gasteiger partial charge in [0, 0.05) is 35.7 Å². The van der Waals surface area contributed by atoms with E-state index in [9.17, 15) is 32.7 Å². The summed E-state index contributed by atoms with van der Waals surface area (Å²) in [4.78, 5) is 52.8. The van der Waals surface area contributed by atoms with Crippen LogP contribution in [0.15, 0.2) is 35.4 Å². The Kier molecular flexibility index (Phi) is 8.65.